The first-order valence-electron chi connectivity index (χ1n) is 5.57. The Bertz CT molecular complexity index is 171. The summed E-state index contributed by atoms with van der Waals surface area (Å²) in [7, 11) is 2.18. The lowest BCUT2D eigenvalue weighted by molar-refractivity contribution is 0.0729. The van der Waals surface area contributed by atoms with Gasteiger partial charge in [-0.25, -0.2) is 0 Å². The molecule has 0 radical (unpaired) electrons. The normalized spacial score (nSPS) is 32.8. The molecule has 2 fully saturated rings. The Kier molecular flexibility index (Phi) is 3.75. The molecule has 0 spiro atoms. The van der Waals surface area contributed by atoms with E-state index in [1.807, 2.05) is 0 Å². The fourth-order valence-electron chi connectivity index (χ4n) is 2.21. The van der Waals surface area contributed by atoms with Gasteiger partial charge in [-0.1, -0.05) is 0 Å². The molecule has 2 heterocycles. The zero-order valence-electron chi connectivity index (χ0n) is 9.04. The second-order valence-corrected chi connectivity index (χ2v) is 4.28. The third kappa shape index (κ3) is 2.67. The summed E-state index contributed by atoms with van der Waals surface area (Å²) in [4.78, 5) is 4.93. The van der Waals surface area contributed by atoms with E-state index < -0.39 is 0 Å². The second-order valence-electron chi connectivity index (χ2n) is 4.28. The monoisotopic (exact) mass is 199 g/mol. The molecule has 1 atom stereocenters. The standard InChI is InChI=1S/C10H21N3O/c1-12-6-7-14-9-10(8-12)13-4-2-11-3-5-13/h10-11H,2-9H2,1H3/t10-/m1/s1. The van der Waals surface area contributed by atoms with E-state index in [1.54, 1.807) is 0 Å². The highest BCUT2D eigenvalue weighted by molar-refractivity contribution is 4.80. The lowest BCUT2D eigenvalue weighted by Crippen LogP contribution is -2.52. The van der Waals surface area contributed by atoms with E-state index in [4.69, 9.17) is 4.74 Å². The van der Waals surface area contributed by atoms with E-state index in [9.17, 15) is 0 Å². The molecule has 0 saturated carbocycles. The summed E-state index contributed by atoms with van der Waals surface area (Å²) < 4.78 is 5.63. The molecule has 0 bridgehead atoms. The van der Waals surface area contributed by atoms with Gasteiger partial charge in [0.05, 0.1) is 13.2 Å². The fraction of sp³-hybridized carbons (Fsp3) is 1.00. The first-order chi connectivity index (χ1) is 6.86. The minimum Gasteiger partial charge on any atom is -0.378 e. The van der Waals surface area contributed by atoms with E-state index >= 15 is 0 Å². The molecule has 0 aromatic carbocycles. The van der Waals surface area contributed by atoms with Crippen molar-refractivity contribution < 1.29 is 4.74 Å². The Morgan fingerprint density at radius 3 is 2.79 bits per heavy atom. The third-order valence-corrected chi connectivity index (χ3v) is 3.12. The van der Waals surface area contributed by atoms with Crippen LogP contribution in [-0.4, -0.2) is 75.4 Å². The maximum atomic E-state index is 5.63. The molecule has 0 aliphatic carbocycles. The van der Waals surface area contributed by atoms with E-state index in [2.05, 4.69) is 22.2 Å². The predicted octanol–water partition coefficient (Wildman–Crippen LogP) is -0.778. The molecule has 4 nitrogen and oxygen atoms in total. The number of rotatable bonds is 1. The van der Waals surface area contributed by atoms with Gasteiger partial charge in [-0.15, -0.1) is 0 Å². The Morgan fingerprint density at radius 1 is 1.21 bits per heavy atom. The van der Waals surface area contributed by atoms with Gasteiger partial charge >= 0.3 is 0 Å². The second kappa shape index (κ2) is 5.07. The number of ether oxygens (including phenoxy) is 1. The molecule has 0 aromatic rings. The molecule has 0 amide bonds. The lowest BCUT2D eigenvalue weighted by Gasteiger charge is -2.35. The van der Waals surface area contributed by atoms with Gasteiger partial charge in [0.2, 0.25) is 0 Å². The summed E-state index contributed by atoms with van der Waals surface area (Å²) >= 11 is 0. The Morgan fingerprint density at radius 2 is 2.00 bits per heavy atom. The molecule has 0 aromatic heterocycles. The molecule has 1 N–H and O–H groups in total. The van der Waals surface area contributed by atoms with Crippen LogP contribution in [0.2, 0.25) is 0 Å². The molecule has 4 heteroatoms. The summed E-state index contributed by atoms with van der Waals surface area (Å²) in [6.07, 6.45) is 0. The fourth-order valence-corrected chi connectivity index (χ4v) is 2.21. The van der Waals surface area contributed by atoms with E-state index in [0.29, 0.717) is 6.04 Å². The van der Waals surface area contributed by atoms with Gasteiger partial charge in [0.15, 0.2) is 0 Å². The molecular weight excluding hydrogens is 178 g/mol. The third-order valence-electron chi connectivity index (χ3n) is 3.12. The van der Waals surface area contributed by atoms with Crippen LogP contribution in [0.4, 0.5) is 0 Å². The largest absolute Gasteiger partial charge is 0.378 e. The lowest BCUT2D eigenvalue weighted by atomic mass is 10.2. The molecule has 2 rings (SSSR count). The highest BCUT2D eigenvalue weighted by Gasteiger charge is 2.23. The molecule has 2 aliphatic rings. The molecule has 2 saturated heterocycles. The van der Waals surface area contributed by atoms with Crippen LogP contribution < -0.4 is 5.32 Å². The molecule has 14 heavy (non-hydrogen) atoms. The average molecular weight is 199 g/mol. The summed E-state index contributed by atoms with van der Waals surface area (Å²) in [5.41, 5.74) is 0. The van der Waals surface area contributed by atoms with Crippen molar-refractivity contribution >= 4 is 0 Å². The van der Waals surface area contributed by atoms with Crippen LogP contribution in [-0.2, 0) is 4.74 Å². The minimum atomic E-state index is 0.601. The molecule has 0 unspecified atom stereocenters. The van der Waals surface area contributed by atoms with Gasteiger partial charge in [-0.3, -0.25) is 4.90 Å². The predicted molar refractivity (Wildman–Crippen MR) is 56.5 cm³/mol. The van der Waals surface area contributed by atoms with Crippen molar-refractivity contribution in [2.45, 2.75) is 6.04 Å². The summed E-state index contributed by atoms with van der Waals surface area (Å²) in [5.74, 6) is 0. The quantitative estimate of drug-likeness (QED) is 0.600. The van der Waals surface area contributed by atoms with Gasteiger partial charge in [-0.2, -0.15) is 0 Å². The zero-order chi connectivity index (χ0) is 9.80. The number of piperazine rings is 1. The SMILES string of the molecule is CN1CCOC[C@H](N2CCNCC2)C1. The first kappa shape index (κ1) is 10.4. The highest BCUT2D eigenvalue weighted by Crippen LogP contribution is 2.07. The van der Waals surface area contributed by atoms with Crippen molar-refractivity contribution in [3.63, 3.8) is 0 Å². The number of nitrogens with one attached hydrogen (secondary N) is 1. The Labute approximate surface area is 86.2 Å². The van der Waals surface area contributed by atoms with Gasteiger partial charge in [0.25, 0.3) is 0 Å². The van der Waals surface area contributed by atoms with Crippen molar-refractivity contribution in [2.24, 2.45) is 0 Å². The summed E-state index contributed by atoms with van der Waals surface area (Å²) in [6.45, 7) is 8.61. The minimum absolute atomic E-state index is 0.601. The van der Waals surface area contributed by atoms with E-state index in [0.717, 1.165) is 39.4 Å². The van der Waals surface area contributed by atoms with Crippen molar-refractivity contribution in [1.29, 1.82) is 0 Å². The molecule has 82 valence electrons. The number of hydrogen-bond acceptors (Lipinski definition) is 4. The van der Waals surface area contributed by atoms with Crippen molar-refractivity contribution in [3.8, 4) is 0 Å². The van der Waals surface area contributed by atoms with E-state index in [-0.39, 0.29) is 0 Å². The van der Waals surface area contributed by atoms with Crippen molar-refractivity contribution in [2.75, 3.05) is 59.5 Å². The smallest absolute Gasteiger partial charge is 0.0634 e. The summed E-state index contributed by atoms with van der Waals surface area (Å²) in [6, 6.07) is 0.601. The number of hydrogen-bond donors (Lipinski definition) is 1. The molecular formula is C10H21N3O. The average Bonchev–Trinajstić information content (AvgIpc) is 2.44. The van der Waals surface area contributed by atoms with Crippen LogP contribution in [0, 0.1) is 0 Å². The van der Waals surface area contributed by atoms with Crippen molar-refractivity contribution in [1.82, 2.24) is 15.1 Å². The van der Waals surface area contributed by atoms with E-state index in [1.165, 1.54) is 13.1 Å². The molecule has 2 aliphatic heterocycles. The van der Waals surface area contributed by atoms with Gasteiger partial charge in [0, 0.05) is 45.3 Å². The van der Waals surface area contributed by atoms with Crippen LogP contribution in [0.3, 0.4) is 0 Å². The maximum Gasteiger partial charge on any atom is 0.0634 e. The zero-order valence-corrected chi connectivity index (χ0v) is 9.04. The van der Waals surface area contributed by atoms with Crippen LogP contribution in [0.1, 0.15) is 0 Å². The number of nitrogens with zero attached hydrogens (tertiary/aromatic N) is 2. The van der Waals surface area contributed by atoms with Gasteiger partial charge in [0.1, 0.15) is 0 Å². The topological polar surface area (TPSA) is 27.7 Å². The van der Waals surface area contributed by atoms with Crippen LogP contribution in [0.15, 0.2) is 0 Å². The first-order valence-corrected chi connectivity index (χ1v) is 5.57. The summed E-state index contributed by atoms with van der Waals surface area (Å²) in [5, 5.41) is 3.38. The van der Waals surface area contributed by atoms with Gasteiger partial charge < -0.3 is 15.0 Å². The van der Waals surface area contributed by atoms with Crippen LogP contribution in [0.5, 0.6) is 0 Å². The Hall–Kier alpha value is -0.160. The van der Waals surface area contributed by atoms with Gasteiger partial charge in [-0.05, 0) is 7.05 Å². The maximum absolute atomic E-state index is 5.63. The van der Waals surface area contributed by atoms with Crippen LogP contribution in [0.25, 0.3) is 0 Å². The highest BCUT2D eigenvalue weighted by atomic mass is 16.5. The number of likely N-dealkylation sites (N-methyl/N-ethyl adjacent to an activating group) is 1. The Balaban J connectivity index is 1.87. The van der Waals surface area contributed by atoms with Crippen LogP contribution >= 0.6 is 0 Å². The van der Waals surface area contributed by atoms with Crippen molar-refractivity contribution in [3.05, 3.63) is 0 Å².